The first-order valence-electron chi connectivity index (χ1n) is 18.1. The van der Waals surface area contributed by atoms with Crippen molar-refractivity contribution in [2.24, 2.45) is 5.92 Å². The Hall–Kier alpha value is -5.48. The van der Waals surface area contributed by atoms with E-state index in [-0.39, 0.29) is 42.1 Å². The van der Waals surface area contributed by atoms with Gasteiger partial charge in [-0.1, -0.05) is 24.3 Å². The molecule has 0 spiro atoms. The van der Waals surface area contributed by atoms with Crippen molar-refractivity contribution in [3.8, 4) is 0 Å². The summed E-state index contributed by atoms with van der Waals surface area (Å²) < 4.78 is 72.6. The molecule has 3 aromatic heterocycles. The Labute approximate surface area is 311 Å². The van der Waals surface area contributed by atoms with Crippen LogP contribution in [-0.2, 0) is 11.0 Å². The lowest BCUT2D eigenvalue weighted by Gasteiger charge is -2.37. The summed E-state index contributed by atoms with van der Waals surface area (Å²) in [5.74, 6) is -3.83. The van der Waals surface area contributed by atoms with Gasteiger partial charge in [0, 0.05) is 65.9 Å². The number of carbonyl (C=O) groups excluding carboxylic acids is 2. The minimum absolute atomic E-state index is 0.0224. The normalized spacial score (nSPS) is 22.1. The Bertz CT molecular complexity index is 2300. The van der Waals surface area contributed by atoms with Crippen LogP contribution in [0, 0.1) is 5.92 Å². The first-order valence-corrected chi connectivity index (χ1v) is 18.1. The fourth-order valence-electron chi connectivity index (χ4n) is 7.90. The highest BCUT2D eigenvalue weighted by atomic mass is 19.4. The van der Waals surface area contributed by atoms with Crippen molar-refractivity contribution in [3.63, 3.8) is 0 Å². The third-order valence-corrected chi connectivity index (χ3v) is 10.7. The second kappa shape index (κ2) is 14.3. The molecule has 1 saturated heterocycles. The third-order valence-electron chi connectivity index (χ3n) is 10.7. The van der Waals surface area contributed by atoms with Gasteiger partial charge in [-0.25, -0.2) is 4.98 Å². The van der Waals surface area contributed by atoms with Crippen LogP contribution < -0.4 is 15.5 Å². The topological polar surface area (TPSA) is 129 Å². The summed E-state index contributed by atoms with van der Waals surface area (Å²) in [5, 5.41) is 22.4. The summed E-state index contributed by atoms with van der Waals surface area (Å²) in [7, 11) is 0. The maximum absolute atomic E-state index is 15.8. The number of amides is 2. The van der Waals surface area contributed by atoms with Gasteiger partial charge in [0.05, 0.1) is 30.0 Å². The third kappa shape index (κ3) is 7.60. The number of anilines is 2. The fraction of sp³-hybridized carbons (Fsp3) is 0.359. The number of aliphatic hydroxyl groups is 1. The van der Waals surface area contributed by atoms with Gasteiger partial charge in [0.2, 0.25) is 12.3 Å². The summed E-state index contributed by atoms with van der Waals surface area (Å²) in [6.07, 6.45) is 4.38. The number of aliphatic hydroxyl groups excluding tert-OH is 1. The minimum Gasteiger partial charge on any atom is -0.356 e. The highest BCUT2D eigenvalue weighted by Crippen LogP contribution is 2.40. The van der Waals surface area contributed by atoms with Crippen molar-refractivity contribution in [1.82, 2.24) is 30.0 Å². The molecule has 55 heavy (non-hydrogen) atoms. The first-order chi connectivity index (χ1) is 26.3. The molecule has 0 radical (unpaired) electrons. The Morgan fingerprint density at radius 1 is 1.02 bits per heavy atom. The van der Waals surface area contributed by atoms with Gasteiger partial charge in [-0.05, 0) is 73.6 Å². The molecule has 8 rings (SSSR count). The molecule has 2 amide bonds. The predicted octanol–water partition coefficient (Wildman–Crippen LogP) is 6.62. The number of aromatic nitrogens is 4. The molecule has 1 atom stereocenters. The van der Waals surface area contributed by atoms with Crippen molar-refractivity contribution in [2.75, 3.05) is 36.4 Å². The van der Waals surface area contributed by atoms with Crippen LogP contribution >= 0.6 is 0 Å². The molecule has 1 unspecified atom stereocenters. The Morgan fingerprint density at radius 3 is 2.60 bits per heavy atom. The lowest BCUT2D eigenvalue weighted by molar-refractivity contribution is -0.141. The van der Waals surface area contributed by atoms with Crippen molar-refractivity contribution >= 4 is 50.4 Å². The number of carbonyl (C=O) groups is 2. The monoisotopic (exact) mass is 760 g/mol. The van der Waals surface area contributed by atoms with Gasteiger partial charge >= 0.3 is 6.18 Å². The number of pyridine rings is 2. The van der Waals surface area contributed by atoms with E-state index in [1.54, 1.807) is 59.8 Å². The summed E-state index contributed by atoms with van der Waals surface area (Å²) in [5.41, 5.74) is 0.606. The van der Waals surface area contributed by atoms with E-state index in [4.69, 9.17) is 5.10 Å². The molecule has 3 N–H and O–H groups in total. The molecule has 3 aliphatic rings. The van der Waals surface area contributed by atoms with Crippen molar-refractivity contribution in [3.05, 3.63) is 96.2 Å². The second-order valence-corrected chi connectivity index (χ2v) is 14.4. The standard InChI is InChI=1S/C39H37F5N8O3/c40-38(41)22-50(14-12-30(38)24-6-10-29-25(16-24)18-45-19-33(29)51-15-13-35(53)48-37(51)55)20-23-4-8-28(9-5-23)52-21-26-17-27(7-11-31(26)49-52)46-36(54)32-2-1-3-34(47-32)39(42,43)44/h1-3,6-7,10-12,16-19,21,23,28,37,55H,4-5,8-9,13-15,20,22H2,(H,46,54)(H,48,53). The van der Waals surface area contributed by atoms with Crippen LogP contribution in [-0.4, -0.2) is 80.0 Å². The van der Waals surface area contributed by atoms with E-state index in [1.165, 1.54) is 6.07 Å². The zero-order valence-electron chi connectivity index (χ0n) is 29.4. The van der Waals surface area contributed by atoms with Gasteiger partial charge in [-0.2, -0.15) is 27.1 Å². The van der Waals surface area contributed by atoms with E-state index in [1.807, 2.05) is 15.8 Å². The molecule has 1 aliphatic carbocycles. The van der Waals surface area contributed by atoms with E-state index in [0.29, 0.717) is 47.5 Å². The van der Waals surface area contributed by atoms with E-state index in [9.17, 15) is 27.9 Å². The lowest BCUT2D eigenvalue weighted by Crippen LogP contribution is -2.54. The molecule has 5 heterocycles. The molecule has 5 aromatic rings. The number of rotatable bonds is 7. The Morgan fingerprint density at radius 2 is 1.84 bits per heavy atom. The molecular weight excluding hydrogens is 723 g/mol. The Kier molecular flexibility index (Phi) is 9.49. The molecule has 0 bridgehead atoms. The highest BCUT2D eigenvalue weighted by molar-refractivity contribution is 6.04. The fourth-order valence-corrected chi connectivity index (χ4v) is 7.90. The number of hydrogen-bond acceptors (Lipinski definition) is 8. The quantitative estimate of drug-likeness (QED) is 0.158. The predicted molar refractivity (Wildman–Crippen MR) is 195 cm³/mol. The van der Waals surface area contributed by atoms with Crippen LogP contribution in [0.15, 0.2) is 79.3 Å². The van der Waals surface area contributed by atoms with Crippen LogP contribution in [0.3, 0.4) is 0 Å². The van der Waals surface area contributed by atoms with Crippen LogP contribution in [0.2, 0.25) is 0 Å². The minimum atomic E-state index is -4.66. The van der Waals surface area contributed by atoms with Crippen LogP contribution in [0.5, 0.6) is 0 Å². The molecule has 11 nitrogen and oxygen atoms in total. The molecule has 16 heteroatoms. The van der Waals surface area contributed by atoms with Crippen molar-refractivity contribution < 1.29 is 36.6 Å². The van der Waals surface area contributed by atoms with Gasteiger partial charge in [0.15, 0.2) is 0 Å². The van der Waals surface area contributed by atoms with E-state index in [2.05, 4.69) is 20.6 Å². The largest absolute Gasteiger partial charge is 0.433 e. The smallest absolute Gasteiger partial charge is 0.356 e. The average molecular weight is 761 g/mol. The summed E-state index contributed by atoms with van der Waals surface area (Å²) in [4.78, 5) is 35.5. The summed E-state index contributed by atoms with van der Waals surface area (Å²) >= 11 is 0. The number of nitrogens with zero attached hydrogens (tertiary/aromatic N) is 6. The molecule has 286 valence electrons. The number of nitrogens with one attached hydrogen (secondary N) is 2. The van der Waals surface area contributed by atoms with Gasteiger partial charge in [0.25, 0.3) is 11.8 Å². The van der Waals surface area contributed by atoms with Gasteiger partial charge in [-0.3, -0.25) is 24.2 Å². The molecule has 2 fully saturated rings. The number of fused-ring (bicyclic) bond motifs is 2. The van der Waals surface area contributed by atoms with Gasteiger partial charge < -0.3 is 20.6 Å². The lowest BCUT2D eigenvalue weighted by atomic mass is 9.85. The van der Waals surface area contributed by atoms with Crippen molar-refractivity contribution in [2.45, 2.75) is 56.6 Å². The van der Waals surface area contributed by atoms with Crippen LogP contribution in [0.1, 0.15) is 59.9 Å². The van der Waals surface area contributed by atoms with Gasteiger partial charge in [-0.15, -0.1) is 0 Å². The zero-order chi connectivity index (χ0) is 38.5. The average Bonchev–Trinajstić information content (AvgIpc) is 3.58. The van der Waals surface area contributed by atoms with E-state index in [0.717, 1.165) is 48.6 Å². The summed E-state index contributed by atoms with van der Waals surface area (Å²) in [6.45, 7) is 0.865. The Balaban J connectivity index is 0.877. The van der Waals surface area contributed by atoms with Gasteiger partial charge in [0.1, 0.15) is 11.4 Å². The second-order valence-electron chi connectivity index (χ2n) is 14.4. The molecule has 2 aromatic carbocycles. The number of alkyl halides is 5. The maximum atomic E-state index is 15.8. The first kappa shape index (κ1) is 36.5. The molecule has 1 saturated carbocycles. The van der Waals surface area contributed by atoms with Crippen LogP contribution in [0.4, 0.5) is 33.3 Å². The number of halogens is 5. The maximum Gasteiger partial charge on any atom is 0.433 e. The van der Waals surface area contributed by atoms with Crippen LogP contribution in [0.25, 0.3) is 27.2 Å². The zero-order valence-corrected chi connectivity index (χ0v) is 29.4. The van der Waals surface area contributed by atoms with Crippen molar-refractivity contribution in [1.29, 1.82) is 0 Å². The molecule has 2 aliphatic heterocycles. The highest BCUT2D eigenvalue weighted by Gasteiger charge is 2.41. The van der Waals surface area contributed by atoms with E-state index >= 15 is 8.78 Å². The summed E-state index contributed by atoms with van der Waals surface area (Å²) in [6, 6.07) is 13.5. The number of hydrogen-bond donors (Lipinski definition) is 3. The number of benzene rings is 2. The molecular formula is C39H37F5N8O3. The van der Waals surface area contributed by atoms with E-state index < -0.39 is 30.1 Å². The SMILES string of the molecule is O=C1CCN(c2cncc3cc(C4=CCN(CC5CCC(n6cc7cc(NC(=O)c8cccc(C(F)(F)F)n8)ccc7n6)CC5)CC4(F)F)ccc23)C(O)N1.